The van der Waals surface area contributed by atoms with Gasteiger partial charge in [-0.3, -0.25) is 0 Å². The molecular weight excluding hydrogens is 294 g/mol. The summed E-state index contributed by atoms with van der Waals surface area (Å²) in [6.45, 7) is 3.37. The van der Waals surface area contributed by atoms with Crippen LogP contribution in [0.25, 0.3) is 0 Å². The van der Waals surface area contributed by atoms with Crippen molar-refractivity contribution in [3.8, 4) is 11.5 Å². The number of β-amino-alcohol motifs (C(OH)–C–C–N with tert-alkyl or cyclic N) is 1. The lowest BCUT2D eigenvalue weighted by atomic mass is 9.98. The molecule has 6 nitrogen and oxygen atoms in total. The highest BCUT2D eigenvalue weighted by Gasteiger charge is 2.33. The molecule has 0 aromatic heterocycles. The summed E-state index contributed by atoms with van der Waals surface area (Å²) >= 11 is 0. The first-order chi connectivity index (χ1) is 9.98. The molecule has 1 saturated heterocycles. The molecule has 2 unspecified atom stereocenters. The molecule has 2 atom stereocenters. The molecule has 2 heterocycles. The number of rotatable bonds is 2. The Kier molecular flexibility index (Phi) is 3.81. The largest absolute Gasteiger partial charge is 0.486 e. The molecule has 0 amide bonds. The fraction of sp³-hybridized carbons (Fsp3) is 0.571. The smallest absolute Gasteiger partial charge is 0.243 e. The van der Waals surface area contributed by atoms with E-state index in [0.717, 1.165) is 0 Å². The maximum atomic E-state index is 12.6. The zero-order valence-corrected chi connectivity index (χ0v) is 12.7. The standard InChI is InChI=1S/C14H19NO5S/c1-10-4-5-15(9-12(10)16)21(17,18)11-2-3-13-14(8-11)20-7-6-19-13/h2-3,8,10,12,16H,4-7,9H2,1H3. The van der Waals surface area contributed by atoms with Crippen LogP contribution in [0.5, 0.6) is 11.5 Å². The predicted molar refractivity (Wildman–Crippen MR) is 76.0 cm³/mol. The van der Waals surface area contributed by atoms with Crippen molar-refractivity contribution in [2.24, 2.45) is 5.92 Å². The van der Waals surface area contributed by atoms with E-state index in [4.69, 9.17) is 9.47 Å². The van der Waals surface area contributed by atoms with Gasteiger partial charge < -0.3 is 14.6 Å². The number of fused-ring (bicyclic) bond motifs is 1. The number of nitrogens with zero attached hydrogens (tertiary/aromatic N) is 1. The zero-order chi connectivity index (χ0) is 15.0. The molecule has 1 aromatic carbocycles. The van der Waals surface area contributed by atoms with Crippen LogP contribution in [0, 0.1) is 5.92 Å². The lowest BCUT2D eigenvalue weighted by Crippen LogP contribution is -2.45. The van der Waals surface area contributed by atoms with Crippen molar-refractivity contribution in [1.82, 2.24) is 4.31 Å². The first-order valence-electron chi connectivity index (χ1n) is 7.06. The van der Waals surface area contributed by atoms with E-state index >= 15 is 0 Å². The summed E-state index contributed by atoms with van der Waals surface area (Å²) in [5, 5.41) is 9.90. The van der Waals surface area contributed by atoms with Gasteiger partial charge in [-0.05, 0) is 24.5 Å². The quantitative estimate of drug-likeness (QED) is 0.876. The molecule has 1 N–H and O–H groups in total. The van der Waals surface area contributed by atoms with E-state index in [0.29, 0.717) is 37.7 Å². The molecule has 1 fully saturated rings. The topological polar surface area (TPSA) is 76.1 Å². The van der Waals surface area contributed by atoms with Gasteiger partial charge in [-0.2, -0.15) is 4.31 Å². The lowest BCUT2D eigenvalue weighted by Gasteiger charge is -2.33. The SMILES string of the molecule is CC1CCN(S(=O)(=O)c2ccc3c(c2)OCCO3)CC1O. The van der Waals surface area contributed by atoms with Crippen molar-refractivity contribution >= 4 is 10.0 Å². The molecule has 0 aliphatic carbocycles. The fourth-order valence-corrected chi connectivity index (χ4v) is 4.06. The fourth-order valence-electron chi connectivity index (χ4n) is 2.57. The molecular formula is C14H19NO5S. The van der Waals surface area contributed by atoms with Crippen molar-refractivity contribution in [3.05, 3.63) is 18.2 Å². The molecule has 2 aliphatic heterocycles. The zero-order valence-electron chi connectivity index (χ0n) is 11.9. The second kappa shape index (κ2) is 5.47. The third-order valence-electron chi connectivity index (χ3n) is 4.03. The van der Waals surface area contributed by atoms with Crippen LogP contribution in [0.15, 0.2) is 23.1 Å². The van der Waals surface area contributed by atoms with Gasteiger partial charge in [0.2, 0.25) is 10.0 Å². The molecule has 0 saturated carbocycles. The Labute approximate surface area is 124 Å². The van der Waals surface area contributed by atoms with Gasteiger partial charge in [0.15, 0.2) is 11.5 Å². The minimum absolute atomic E-state index is 0.122. The average molecular weight is 313 g/mol. The predicted octanol–water partition coefficient (Wildman–Crippen LogP) is 0.849. The molecule has 7 heteroatoms. The number of piperidine rings is 1. The van der Waals surface area contributed by atoms with Gasteiger partial charge in [0.1, 0.15) is 13.2 Å². The summed E-state index contributed by atoms with van der Waals surface area (Å²) in [4.78, 5) is 0.175. The first-order valence-corrected chi connectivity index (χ1v) is 8.50. The second-order valence-electron chi connectivity index (χ2n) is 5.50. The number of sulfonamides is 1. The van der Waals surface area contributed by atoms with Gasteiger partial charge in [-0.25, -0.2) is 8.42 Å². The van der Waals surface area contributed by atoms with Crippen LogP contribution in [-0.2, 0) is 10.0 Å². The average Bonchev–Trinajstić information content (AvgIpc) is 2.49. The third kappa shape index (κ3) is 2.73. The van der Waals surface area contributed by atoms with E-state index in [-0.39, 0.29) is 17.4 Å². The third-order valence-corrected chi connectivity index (χ3v) is 5.89. The van der Waals surface area contributed by atoms with Crippen LogP contribution >= 0.6 is 0 Å². The minimum Gasteiger partial charge on any atom is -0.486 e. The highest BCUT2D eigenvalue weighted by molar-refractivity contribution is 7.89. The molecule has 1 aromatic rings. The molecule has 21 heavy (non-hydrogen) atoms. The Morgan fingerprint density at radius 2 is 1.95 bits per heavy atom. The van der Waals surface area contributed by atoms with Gasteiger partial charge in [-0.15, -0.1) is 0 Å². The Bertz CT molecular complexity index is 630. The number of ether oxygens (including phenoxy) is 2. The Morgan fingerprint density at radius 1 is 1.24 bits per heavy atom. The van der Waals surface area contributed by atoms with Crippen molar-refractivity contribution in [2.75, 3.05) is 26.3 Å². The van der Waals surface area contributed by atoms with E-state index in [2.05, 4.69) is 0 Å². The van der Waals surface area contributed by atoms with E-state index in [1.807, 2.05) is 6.92 Å². The lowest BCUT2D eigenvalue weighted by molar-refractivity contribution is 0.0605. The number of aliphatic hydroxyl groups is 1. The minimum atomic E-state index is -3.61. The number of benzene rings is 1. The molecule has 0 spiro atoms. The number of hydrogen-bond acceptors (Lipinski definition) is 5. The van der Waals surface area contributed by atoms with Crippen molar-refractivity contribution in [3.63, 3.8) is 0 Å². The van der Waals surface area contributed by atoms with Crippen LogP contribution in [0.2, 0.25) is 0 Å². The van der Waals surface area contributed by atoms with Gasteiger partial charge in [0, 0.05) is 19.2 Å². The second-order valence-corrected chi connectivity index (χ2v) is 7.44. The monoisotopic (exact) mass is 313 g/mol. The van der Waals surface area contributed by atoms with Crippen LogP contribution in [-0.4, -0.2) is 50.2 Å². The molecule has 0 radical (unpaired) electrons. The van der Waals surface area contributed by atoms with Crippen LogP contribution in [0.4, 0.5) is 0 Å². The maximum absolute atomic E-state index is 12.6. The molecule has 116 valence electrons. The van der Waals surface area contributed by atoms with Gasteiger partial charge in [0.25, 0.3) is 0 Å². The highest BCUT2D eigenvalue weighted by Crippen LogP contribution is 2.33. The van der Waals surface area contributed by atoms with Gasteiger partial charge in [0.05, 0.1) is 11.0 Å². The summed E-state index contributed by atoms with van der Waals surface area (Å²) < 4.78 is 37.4. The van der Waals surface area contributed by atoms with Crippen LogP contribution < -0.4 is 9.47 Å². The number of aliphatic hydroxyl groups excluding tert-OH is 1. The normalized spacial score (nSPS) is 26.6. The molecule has 3 rings (SSSR count). The molecule has 0 bridgehead atoms. The van der Waals surface area contributed by atoms with Crippen LogP contribution in [0.1, 0.15) is 13.3 Å². The number of hydrogen-bond donors (Lipinski definition) is 1. The maximum Gasteiger partial charge on any atom is 0.243 e. The van der Waals surface area contributed by atoms with E-state index < -0.39 is 16.1 Å². The highest BCUT2D eigenvalue weighted by atomic mass is 32.2. The summed E-state index contributed by atoms with van der Waals surface area (Å²) in [5.74, 6) is 1.14. The summed E-state index contributed by atoms with van der Waals surface area (Å²) in [7, 11) is -3.61. The summed E-state index contributed by atoms with van der Waals surface area (Å²) in [5.41, 5.74) is 0. The molecule has 2 aliphatic rings. The van der Waals surface area contributed by atoms with Crippen molar-refractivity contribution in [2.45, 2.75) is 24.3 Å². The van der Waals surface area contributed by atoms with Gasteiger partial charge >= 0.3 is 0 Å². The summed E-state index contributed by atoms with van der Waals surface area (Å²) in [6.07, 6.45) is 0.0380. The van der Waals surface area contributed by atoms with E-state index in [9.17, 15) is 13.5 Å². The van der Waals surface area contributed by atoms with Crippen LogP contribution in [0.3, 0.4) is 0 Å². The van der Waals surface area contributed by atoms with E-state index in [1.165, 1.54) is 16.4 Å². The van der Waals surface area contributed by atoms with Crippen molar-refractivity contribution in [1.29, 1.82) is 0 Å². The van der Waals surface area contributed by atoms with E-state index in [1.54, 1.807) is 6.07 Å². The van der Waals surface area contributed by atoms with Gasteiger partial charge in [-0.1, -0.05) is 6.92 Å². The Morgan fingerprint density at radius 3 is 2.67 bits per heavy atom. The summed E-state index contributed by atoms with van der Waals surface area (Å²) in [6, 6.07) is 4.63. The Balaban J connectivity index is 1.88. The first kappa shape index (κ1) is 14.6. The van der Waals surface area contributed by atoms with Crippen molar-refractivity contribution < 1.29 is 23.0 Å². The Hall–Kier alpha value is -1.31.